The van der Waals surface area contributed by atoms with Gasteiger partial charge in [0.15, 0.2) is 0 Å². The van der Waals surface area contributed by atoms with Gasteiger partial charge in [0.05, 0.1) is 41.5 Å². The van der Waals surface area contributed by atoms with Gasteiger partial charge in [-0.05, 0) is 130 Å². The molecule has 32 nitrogen and oxygen atoms in total. The number of benzene rings is 8. The van der Waals surface area contributed by atoms with Crippen molar-refractivity contribution >= 4 is 101 Å². The predicted octanol–water partition coefficient (Wildman–Crippen LogP) is 5.86. The van der Waals surface area contributed by atoms with Gasteiger partial charge >= 0.3 is 5.97 Å². The summed E-state index contributed by atoms with van der Waals surface area (Å²) >= 11 is 0. The number of carboxylic acids is 1. The van der Waals surface area contributed by atoms with Crippen molar-refractivity contribution in [1.82, 2.24) is 87.0 Å². The fraction of sp³-hybridized carbons (Fsp3) is 0.378. The largest absolute Gasteiger partial charge is 0.487 e. The van der Waals surface area contributed by atoms with Crippen LogP contribution in [0.25, 0.3) is 32.3 Å². The molecule has 33 heteroatoms. The smallest absolute Gasteiger partial charge is 0.326 e. The predicted molar refractivity (Wildman–Crippen MR) is 457 cm³/mol. The highest BCUT2D eigenvalue weighted by Gasteiger charge is 2.49. The lowest BCUT2D eigenvalue weighted by Crippen LogP contribution is -2.61. The standard InChI is InChI=1S/C90H103N17O15S/c1-52(91-9)79(108)97-77(89(3,4)5)86(115)104-48-66-44-75(104)84(113)94-71(41-56-23-29-58-17-11-14-20-61(58)37-56)81(110)93-73(83(112)101-123(119,120)70-36-31-60-19-13-16-22-63(60)43-70)39-54-25-32-68(33-26-54)121-50-64-46-107(102-99-64)67-45-76(105(49-67)87(116)78(90(6,7)8)98-80(109)53(2)92-10)85(114)95-72(42-57-24-30-59-18-12-15-21-62(59)38-57)82(111)96-74(88(117)118)40-55-27-34-69(35-28-55)122-51-65-47-106(66)103-100-65/h11-38,43,46-47,52-53,66-67,71-78,91-92H,39-42,44-45,48-51H2,1-10H3,(H,93,110)(H,94,113)(H,95,114)(H,96,111)(H,97,108)(H,98,109)(H,101,112)(H,117,118)/t52-,53-,66-,67-,71-,72-,73-,74-,75-,76-,77+,78+/m0/s1. The number of carboxylic acid groups (broad SMARTS) is 1. The number of amides is 9. The first-order valence-corrected chi connectivity index (χ1v) is 42.4. The Hall–Kier alpha value is -13.0. The van der Waals surface area contributed by atoms with Crippen LogP contribution in [0.15, 0.2) is 193 Å². The number of sulfonamides is 1. The number of likely N-dealkylation sites (tertiary alicyclic amines) is 2. The van der Waals surface area contributed by atoms with E-state index in [1.54, 1.807) is 167 Å². The van der Waals surface area contributed by atoms with E-state index in [0.717, 1.165) is 26.9 Å². The Morgan fingerprint density at radius 1 is 0.496 bits per heavy atom. The minimum atomic E-state index is -4.65. The molecule has 644 valence electrons. The van der Waals surface area contributed by atoms with E-state index < -0.39 is 152 Å². The second kappa shape index (κ2) is 37.5. The molecule has 2 saturated heterocycles. The van der Waals surface area contributed by atoms with Crippen molar-refractivity contribution in [2.24, 2.45) is 10.8 Å². The first kappa shape index (κ1) is 87.8. The lowest BCUT2D eigenvalue weighted by atomic mass is 9.85. The van der Waals surface area contributed by atoms with Gasteiger partial charge in [0.1, 0.15) is 84.4 Å². The second-order valence-corrected chi connectivity index (χ2v) is 35.6. The molecule has 2 aromatic heterocycles. The number of nitrogens with one attached hydrogen (secondary N) is 9. The fourth-order valence-electron chi connectivity index (χ4n) is 15.5. The zero-order valence-corrected chi connectivity index (χ0v) is 70.9. The highest BCUT2D eigenvalue weighted by Crippen LogP contribution is 2.35. The Bertz CT molecular complexity index is 5730. The summed E-state index contributed by atoms with van der Waals surface area (Å²) in [5.41, 5.74) is 0.852. The molecule has 6 aliphatic rings. The number of fused-ring (bicyclic) bond motifs is 3. The molecule has 6 aliphatic heterocycles. The summed E-state index contributed by atoms with van der Waals surface area (Å²) in [7, 11) is -1.45. The molecule has 0 saturated carbocycles. The maximum absolute atomic E-state index is 15.7. The third-order valence-corrected chi connectivity index (χ3v) is 24.2. The Balaban J connectivity index is 0.857. The van der Waals surface area contributed by atoms with E-state index in [1.165, 1.54) is 31.3 Å². The average molecular weight is 1690 g/mol. The van der Waals surface area contributed by atoms with Crippen molar-refractivity contribution in [3.63, 3.8) is 0 Å². The summed E-state index contributed by atoms with van der Waals surface area (Å²) in [6.07, 6.45) is 2.17. The molecule has 8 aromatic carbocycles. The van der Waals surface area contributed by atoms with E-state index in [2.05, 4.69) is 67.9 Å². The summed E-state index contributed by atoms with van der Waals surface area (Å²) < 4.78 is 46.6. The van der Waals surface area contributed by atoms with E-state index in [9.17, 15) is 27.9 Å². The minimum Gasteiger partial charge on any atom is -0.487 e. The molecule has 123 heavy (non-hydrogen) atoms. The van der Waals surface area contributed by atoms with E-state index in [0.29, 0.717) is 50.5 Å². The van der Waals surface area contributed by atoms with Crippen molar-refractivity contribution in [2.45, 2.75) is 185 Å². The first-order valence-electron chi connectivity index (χ1n) is 40.9. The van der Waals surface area contributed by atoms with Crippen LogP contribution in [0.1, 0.15) is 114 Å². The van der Waals surface area contributed by atoms with E-state index in [-0.39, 0.29) is 69.7 Å². The molecule has 12 bridgehead atoms. The highest BCUT2D eigenvalue weighted by molar-refractivity contribution is 7.90. The lowest BCUT2D eigenvalue weighted by Gasteiger charge is -2.36. The van der Waals surface area contributed by atoms with Crippen LogP contribution >= 0.6 is 0 Å². The highest BCUT2D eigenvalue weighted by atomic mass is 32.2. The normalized spacial score (nSPS) is 20.7. The SMILES string of the molecule is CN[C@@H](C)C(=O)N[C@H](C(=O)N1C[C@@H]2C[C@H]1C(=O)N[C@@H](Cc1ccc3ccccc3c1)C(=O)N[C@H](C(=O)O)Cc1ccc(cc1)OCc1cn(nn1)[C@H]1C[C@@H](C(=O)N[C@@H](Cc3ccc4ccccc4c3)C(=O)N[C@H](C(=O)NS(=O)(=O)c3ccc4ccccc4c3)Cc3ccc(cc3)OCc3cn2nn3)N(C(=O)[C@@H](NC(=O)[C@H](C)NC)C(C)(C)C)C1)C(C)(C)C. The number of likely N-dealkylation sites (N-methyl/N-ethyl adjacent to an activating group) is 2. The number of nitrogens with zero attached hydrogens (tertiary/aromatic N) is 8. The average Bonchev–Trinajstić information content (AvgIpc) is 1.63. The first-order chi connectivity index (χ1) is 58.6. The Labute approximate surface area is 711 Å². The molecular formula is C90H103N17O15S. The molecule has 10 aromatic rings. The van der Waals surface area contributed by atoms with Gasteiger partial charge < -0.3 is 66.9 Å². The van der Waals surface area contributed by atoms with E-state index in [1.807, 2.05) is 78.9 Å². The number of carbonyl (C=O) groups is 10. The zero-order valence-electron chi connectivity index (χ0n) is 70.0. The second-order valence-electron chi connectivity index (χ2n) is 33.9. The number of ether oxygens (including phenoxy) is 2. The molecular weight excluding hydrogens is 1590 g/mol. The van der Waals surface area contributed by atoms with Crippen LogP contribution in [0.3, 0.4) is 0 Å². The van der Waals surface area contributed by atoms with Crippen LogP contribution in [0.2, 0.25) is 0 Å². The van der Waals surface area contributed by atoms with E-state index in [4.69, 9.17) is 9.47 Å². The van der Waals surface area contributed by atoms with Crippen molar-refractivity contribution in [3.05, 3.63) is 222 Å². The number of hydrogen-bond donors (Lipinski definition) is 10. The molecule has 12 atom stereocenters. The minimum absolute atomic E-state index is 0.0722. The third kappa shape index (κ3) is 21.3. The van der Waals surface area contributed by atoms with Crippen LogP contribution in [0.4, 0.5) is 0 Å². The number of aliphatic carboxylic acids is 1. The van der Waals surface area contributed by atoms with Crippen molar-refractivity contribution in [3.8, 4) is 11.5 Å². The lowest BCUT2D eigenvalue weighted by molar-refractivity contribution is -0.145. The summed E-state index contributed by atoms with van der Waals surface area (Å²) in [6, 6.07) is 36.4. The quantitative estimate of drug-likeness (QED) is 0.0541. The molecule has 0 radical (unpaired) electrons. The zero-order chi connectivity index (χ0) is 87.8. The Morgan fingerprint density at radius 3 is 1.28 bits per heavy atom. The van der Waals surface area contributed by atoms with E-state index >= 15 is 33.6 Å². The van der Waals surface area contributed by atoms with Gasteiger partial charge in [-0.1, -0.05) is 191 Å². The molecule has 8 heterocycles. The topological polar surface area (TPSA) is 420 Å². The monoisotopic (exact) mass is 1690 g/mol. The maximum atomic E-state index is 15.7. The molecule has 0 spiro atoms. The van der Waals surface area contributed by atoms with Gasteiger partial charge in [0.25, 0.3) is 15.9 Å². The van der Waals surface area contributed by atoms with Gasteiger partial charge in [-0.25, -0.2) is 27.3 Å². The number of aromatic nitrogens is 6. The van der Waals surface area contributed by atoms with Crippen LogP contribution in [-0.2, 0) is 96.9 Å². The fourth-order valence-corrected chi connectivity index (χ4v) is 16.5. The molecule has 2 fully saturated rings. The Morgan fingerprint density at radius 2 is 0.878 bits per heavy atom. The van der Waals surface area contributed by atoms with Crippen molar-refractivity contribution in [1.29, 1.82) is 0 Å². The number of hydrogen-bond acceptors (Lipinski definition) is 20. The van der Waals surface area contributed by atoms with Gasteiger partial charge in [-0.15, -0.1) is 10.2 Å². The summed E-state index contributed by atoms with van der Waals surface area (Å²) in [4.78, 5) is 151. The molecule has 16 rings (SSSR count). The van der Waals surface area contributed by atoms with Crippen LogP contribution in [0.5, 0.6) is 11.5 Å². The van der Waals surface area contributed by atoms with Gasteiger partial charge in [-0.3, -0.25) is 43.2 Å². The Kier molecular flexibility index (Phi) is 26.8. The van der Waals surface area contributed by atoms with Gasteiger partial charge in [0.2, 0.25) is 47.3 Å². The van der Waals surface area contributed by atoms with Gasteiger partial charge in [-0.2, -0.15) is 0 Å². The van der Waals surface area contributed by atoms with Crippen LogP contribution in [0, 0.1) is 10.8 Å². The number of rotatable bonds is 16. The summed E-state index contributed by atoms with van der Waals surface area (Å²) in [5.74, 6) is -7.36. The summed E-state index contributed by atoms with van der Waals surface area (Å²) in [5, 5.41) is 56.3. The third-order valence-electron chi connectivity index (χ3n) is 22.8. The molecule has 0 unspecified atom stereocenters. The molecule has 10 N–H and O–H groups in total. The van der Waals surface area contributed by atoms with Crippen LogP contribution < -0.4 is 56.7 Å². The summed E-state index contributed by atoms with van der Waals surface area (Å²) in [6.45, 7) is 13.3. The van der Waals surface area contributed by atoms with Crippen molar-refractivity contribution < 1.29 is 70.9 Å². The van der Waals surface area contributed by atoms with Crippen molar-refractivity contribution in [2.75, 3.05) is 27.2 Å². The van der Waals surface area contributed by atoms with Crippen LogP contribution in [-0.4, -0.2) is 200 Å². The molecule has 0 aliphatic carbocycles. The van der Waals surface area contributed by atoms with Gasteiger partial charge in [0, 0.05) is 51.6 Å². The maximum Gasteiger partial charge on any atom is 0.326 e. The number of carbonyl (C=O) groups excluding carboxylic acids is 9. The molecule has 9 amide bonds.